The molecule has 0 atom stereocenters. The lowest BCUT2D eigenvalue weighted by molar-refractivity contribution is 0.0737. The highest BCUT2D eigenvalue weighted by Crippen LogP contribution is 2.20. The summed E-state index contributed by atoms with van der Waals surface area (Å²) in [5.74, 6) is -0.138. The number of halogens is 1. The number of aryl methyl sites for hydroxylation is 1. The van der Waals surface area contributed by atoms with Crippen molar-refractivity contribution in [1.29, 1.82) is 0 Å². The number of nitrogens with zero attached hydrogens (tertiary/aromatic N) is 1. The lowest BCUT2D eigenvalue weighted by atomic mass is 10.1. The first-order valence-corrected chi connectivity index (χ1v) is 8.34. The molecule has 8 heteroatoms. The van der Waals surface area contributed by atoms with E-state index < -0.39 is 10.0 Å². The van der Waals surface area contributed by atoms with Crippen molar-refractivity contribution in [3.8, 4) is 0 Å². The molecule has 2 rings (SSSR count). The fourth-order valence-electron chi connectivity index (χ4n) is 2.16. The van der Waals surface area contributed by atoms with E-state index in [1.807, 2.05) is 6.92 Å². The molecule has 0 unspecified atom stereocenters. The van der Waals surface area contributed by atoms with Gasteiger partial charge in [-0.25, -0.2) is 8.42 Å². The third kappa shape index (κ3) is 4.87. The van der Waals surface area contributed by atoms with E-state index in [0.29, 0.717) is 24.3 Å². The Labute approximate surface area is 131 Å². The Kier molecular flexibility index (Phi) is 6.00. The van der Waals surface area contributed by atoms with E-state index in [-0.39, 0.29) is 18.3 Å². The molecule has 2 N–H and O–H groups in total. The molecule has 1 aliphatic rings. The second kappa shape index (κ2) is 7.11. The summed E-state index contributed by atoms with van der Waals surface area (Å²) >= 11 is 0. The van der Waals surface area contributed by atoms with Gasteiger partial charge in [-0.05, 0) is 19.1 Å². The van der Waals surface area contributed by atoms with Gasteiger partial charge in [0.05, 0.1) is 17.5 Å². The third-order valence-corrected chi connectivity index (χ3v) is 3.70. The van der Waals surface area contributed by atoms with Crippen LogP contribution in [0.25, 0.3) is 0 Å². The topological polar surface area (TPSA) is 78.5 Å². The maximum atomic E-state index is 12.5. The minimum atomic E-state index is -3.41. The van der Waals surface area contributed by atoms with E-state index in [1.165, 1.54) is 0 Å². The SMILES string of the molecule is Cc1ccc(NS(C)(=O)=O)c(C(=O)N2CCNCC2)c1.Cl. The number of carbonyl (C=O) groups excluding carboxylic acids is 1. The zero-order chi connectivity index (χ0) is 14.8. The molecular weight excluding hydrogens is 314 g/mol. The minimum Gasteiger partial charge on any atom is -0.336 e. The highest BCUT2D eigenvalue weighted by molar-refractivity contribution is 7.92. The van der Waals surface area contributed by atoms with Crippen molar-refractivity contribution in [3.05, 3.63) is 29.3 Å². The molecule has 21 heavy (non-hydrogen) atoms. The summed E-state index contributed by atoms with van der Waals surface area (Å²) in [6.45, 7) is 4.65. The molecule has 1 aromatic rings. The summed E-state index contributed by atoms with van der Waals surface area (Å²) in [6, 6.07) is 5.13. The van der Waals surface area contributed by atoms with Gasteiger partial charge in [-0.3, -0.25) is 9.52 Å². The van der Waals surface area contributed by atoms with Crippen LogP contribution in [-0.2, 0) is 10.0 Å². The van der Waals surface area contributed by atoms with E-state index in [4.69, 9.17) is 0 Å². The lowest BCUT2D eigenvalue weighted by Crippen LogP contribution is -2.46. The van der Waals surface area contributed by atoms with Gasteiger partial charge in [0, 0.05) is 26.2 Å². The molecule has 1 aromatic carbocycles. The molecule has 6 nitrogen and oxygen atoms in total. The van der Waals surface area contributed by atoms with Crippen LogP contribution in [0.4, 0.5) is 5.69 Å². The average molecular weight is 334 g/mol. The first-order chi connectivity index (χ1) is 9.37. The fraction of sp³-hybridized carbons (Fsp3) is 0.462. The van der Waals surface area contributed by atoms with Crippen LogP contribution >= 0.6 is 12.4 Å². The Morgan fingerprint density at radius 3 is 2.48 bits per heavy atom. The van der Waals surface area contributed by atoms with Crippen LogP contribution in [0.15, 0.2) is 18.2 Å². The average Bonchev–Trinajstić information content (AvgIpc) is 2.39. The highest BCUT2D eigenvalue weighted by Gasteiger charge is 2.21. The lowest BCUT2D eigenvalue weighted by Gasteiger charge is -2.28. The number of hydrogen-bond donors (Lipinski definition) is 2. The van der Waals surface area contributed by atoms with Crippen LogP contribution in [0, 0.1) is 6.92 Å². The highest BCUT2D eigenvalue weighted by atomic mass is 35.5. The van der Waals surface area contributed by atoms with Crippen LogP contribution in [0.2, 0.25) is 0 Å². The Morgan fingerprint density at radius 2 is 1.90 bits per heavy atom. The summed E-state index contributed by atoms with van der Waals surface area (Å²) < 4.78 is 25.2. The van der Waals surface area contributed by atoms with Crippen molar-refractivity contribution in [2.45, 2.75) is 6.92 Å². The number of benzene rings is 1. The van der Waals surface area contributed by atoms with Crippen molar-refractivity contribution in [2.75, 3.05) is 37.2 Å². The molecule has 0 aliphatic carbocycles. The van der Waals surface area contributed by atoms with Crippen LogP contribution in [0.5, 0.6) is 0 Å². The predicted molar refractivity (Wildman–Crippen MR) is 85.7 cm³/mol. The number of carbonyl (C=O) groups is 1. The minimum absolute atomic E-state index is 0. The molecule has 0 spiro atoms. The molecule has 1 aliphatic heterocycles. The van der Waals surface area contributed by atoms with Crippen LogP contribution in [0.1, 0.15) is 15.9 Å². The molecule has 118 valence electrons. The molecule has 0 aromatic heterocycles. The standard InChI is InChI=1S/C13H19N3O3S.ClH/c1-10-3-4-12(15-20(2,18)19)11(9-10)13(17)16-7-5-14-6-8-16;/h3-4,9,14-15H,5-8H2,1-2H3;1H. The molecule has 0 bridgehead atoms. The van der Waals surface area contributed by atoms with E-state index >= 15 is 0 Å². The van der Waals surface area contributed by atoms with E-state index in [1.54, 1.807) is 23.1 Å². The molecule has 1 heterocycles. The maximum absolute atomic E-state index is 12.5. The number of amides is 1. The van der Waals surface area contributed by atoms with Gasteiger partial charge in [0.2, 0.25) is 10.0 Å². The van der Waals surface area contributed by atoms with Gasteiger partial charge in [-0.2, -0.15) is 0 Å². The third-order valence-electron chi connectivity index (χ3n) is 3.11. The fourth-order valence-corrected chi connectivity index (χ4v) is 2.74. The van der Waals surface area contributed by atoms with Crippen LogP contribution < -0.4 is 10.0 Å². The van der Waals surface area contributed by atoms with E-state index in [0.717, 1.165) is 24.9 Å². The van der Waals surface area contributed by atoms with Gasteiger partial charge in [0.15, 0.2) is 0 Å². The number of piperazine rings is 1. The molecule has 1 fully saturated rings. The summed E-state index contributed by atoms with van der Waals surface area (Å²) in [6.07, 6.45) is 1.08. The molecule has 1 amide bonds. The number of nitrogens with one attached hydrogen (secondary N) is 2. The number of hydrogen-bond acceptors (Lipinski definition) is 4. The largest absolute Gasteiger partial charge is 0.336 e. The second-order valence-electron chi connectivity index (χ2n) is 4.97. The summed E-state index contributed by atoms with van der Waals surface area (Å²) in [5, 5.41) is 3.18. The van der Waals surface area contributed by atoms with E-state index in [2.05, 4.69) is 10.0 Å². The Hall–Kier alpha value is -1.31. The molecule has 0 radical (unpaired) electrons. The Morgan fingerprint density at radius 1 is 1.29 bits per heavy atom. The summed E-state index contributed by atoms with van der Waals surface area (Å²) in [4.78, 5) is 14.3. The Bertz CT molecular complexity index is 613. The van der Waals surface area contributed by atoms with Crippen molar-refractivity contribution >= 4 is 34.0 Å². The van der Waals surface area contributed by atoms with Gasteiger partial charge in [0.1, 0.15) is 0 Å². The summed E-state index contributed by atoms with van der Waals surface area (Å²) in [5.41, 5.74) is 1.65. The van der Waals surface area contributed by atoms with Crippen LogP contribution in [0.3, 0.4) is 0 Å². The predicted octanol–water partition coefficient (Wildman–Crippen LogP) is 0.834. The molecule has 0 saturated carbocycles. The number of anilines is 1. The zero-order valence-electron chi connectivity index (χ0n) is 12.0. The monoisotopic (exact) mass is 333 g/mol. The summed E-state index contributed by atoms with van der Waals surface area (Å²) in [7, 11) is -3.41. The van der Waals surface area contributed by atoms with Crippen LogP contribution in [-0.4, -0.2) is 51.7 Å². The van der Waals surface area contributed by atoms with Gasteiger partial charge in [0.25, 0.3) is 5.91 Å². The number of sulfonamides is 1. The quantitative estimate of drug-likeness (QED) is 0.859. The second-order valence-corrected chi connectivity index (χ2v) is 6.71. The first kappa shape index (κ1) is 17.7. The first-order valence-electron chi connectivity index (χ1n) is 6.45. The van der Waals surface area contributed by atoms with Crippen molar-refractivity contribution in [3.63, 3.8) is 0 Å². The smallest absolute Gasteiger partial charge is 0.256 e. The number of rotatable bonds is 3. The van der Waals surface area contributed by atoms with Gasteiger partial charge < -0.3 is 10.2 Å². The molecular formula is C13H20ClN3O3S. The normalized spacial score (nSPS) is 15.2. The maximum Gasteiger partial charge on any atom is 0.256 e. The van der Waals surface area contributed by atoms with E-state index in [9.17, 15) is 13.2 Å². The Balaban J connectivity index is 0.00000220. The van der Waals surface area contributed by atoms with Gasteiger partial charge in [-0.1, -0.05) is 11.6 Å². The van der Waals surface area contributed by atoms with Crippen molar-refractivity contribution in [1.82, 2.24) is 10.2 Å². The molecule has 1 saturated heterocycles. The zero-order valence-corrected chi connectivity index (χ0v) is 13.7. The van der Waals surface area contributed by atoms with Crippen molar-refractivity contribution < 1.29 is 13.2 Å². The van der Waals surface area contributed by atoms with Crippen molar-refractivity contribution in [2.24, 2.45) is 0 Å². The van der Waals surface area contributed by atoms with Gasteiger partial charge >= 0.3 is 0 Å². The van der Waals surface area contributed by atoms with Gasteiger partial charge in [-0.15, -0.1) is 12.4 Å².